The molecule has 0 unspecified atom stereocenters. The predicted octanol–water partition coefficient (Wildman–Crippen LogP) is 1.75. The van der Waals surface area contributed by atoms with Crippen molar-refractivity contribution >= 4 is 23.0 Å². The van der Waals surface area contributed by atoms with E-state index < -0.39 is 0 Å². The molecular weight excluding hydrogens is 287 g/mol. The van der Waals surface area contributed by atoms with Gasteiger partial charge < -0.3 is 20.4 Å². The molecule has 0 aliphatic carbocycles. The summed E-state index contributed by atoms with van der Waals surface area (Å²) in [4.78, 5) is 4.84. The molecule has 2 rings (SSSR count). The fourth-order valence-electron chi connectivity index (χ4n) is 2.28. The van der Waals surface area contributed by atoms with Gasteiger partial charge in [-0.3, -0.25) is 0 Å². The highest BCUT2D eigenvalue weighted by Crippen LogP contribution is 2.07. The van der Waals surface area contributed by atoms with Crippen LogP contribution >= 0.6 is 12.2 Å². The monoisotopic (exact) mass is 310 g/mol. The van der Waals surface area contributed by atoms with Gasteiger partial charge in [0.05, 0.1) is 0 Å². The zero-order valence-electron chi connectivity index (χ0n) is 12.4. The van der Waals surface area contributed by atoms with Crippen LogP contribution in [0.4, 0.5) is 10.1 Å². The Morgan fingerprint density at radius 3 is 2.52 bits per heavy atom. The van der Waals surface area contributed by atoms with E-state index in [4.69, 9.17) is 12.2 Å². The second-order valence-electron chi connectivity index (χ2n) is 5.39. The lowest BCUT2D eigenvalue weighted by Gasteiger charge is -2.32. The second-order valence-corrected chi connectivity index (χ2v) is 5.79. The number of hydrogen-bond donors (Lipinski definition) is 2. The predicted molar refractivity (Wildman–Crippen MR) is 89.2 cm³/mol. The van der Waals surface area contributed by atoms with E-state index in [2.05, 4.69) is 27.5 Å². The lowest BCUT2D eigenvalue weighted by molar-refractivity contribution is 0.153. The van der Waals surface area contributed by atoms with E-state index in [9.17, 15) is 4.39 Å². The van der Waals surface area contributed by atoms with Crippen LogP contribution in [-0.2, 0) is 0 Å². The molecule has 1 aliphatic heterocycles. The minimum Gasteiger partial charge on any atom is -0.362 e. The summed E-state index contributed by atoms with van der Waals surface area (Å²) in [5.74, 6) is -0.244. The molecule has 0 bridgehead atoms. The van der Waals surface area contributed by atoms with Crippen molar-refractivity contribution in [1.29, 1.82) is 0 Å². The highest BCUT2D eigenvalue weighted by atomic mass is 32.1. The first kappa shape index (κ1) is 16.1. The van der Waals surface area contributed by atoms with Crippen LogP contribution in [0.25, 0.3) is 0 Å². The van der Waals surface area contributed by atoms with Gasteiger partial charge in [-0.05, 0) is 56.5 Å². The van der Waals surface area contributed by atoms with E-state index in [1.807, 2.05) is 0 Å². The van der Waals surface area contributed by atoms with Crippen molar-refractivity contribution < 1.29 is 4.39 Å². The molecule has 0 radical (unpaired) electrons. The molecular formula is C15H23FN4S. The van der Waals surface area contributed by atoms with Gasteiger partial charge in [-0.2, -0.15) is 0 Å². The zero-order valence-corrected chi connectivity index (χ0v) is 13.3. The first-order valence-electron chi connectivity index (χ1n) is 7.35. The summed E-state index contributed by atoms with van der Waals surface area (Å²) in [6, 6.07) is 6.18. The van der Waals surface area contributed by atoms with E-state index in [1.54, 1.807) is 12.1 Å². The van der Waals surface area contributed by atoms with Gasteiger partial charge in [-0.15, -0.1) is 0 Å². The standard InChI is InChI=1S/C15H23FN4S/c1-19-9-11-20(12-10-19)8-2-7-17-15(21)18-14-5-3-13(16)4-6-14/h3-6H,2,7-12H2,1H3,(H2,17,18,21). The van der Waals surface area contributed by atoms with Gasteiger partial charge in [-0.1, -0.05) is 0 Å². The molecule has 0 saturated carbocycles. The molecule has 2 N–H and O–H groups in total. The number of anilines is 1. The largest absolute Gasteiger partial charge is 0.362 e. The van der Waals surface area contributed by atoms with Gasteiger partial charge in [0.15, 0.2) is 5.11 Å². The van der Waals surface area contributed by atoms with Gasteiger partial charge in [-0.25, -0.2) is 4.39 Å². The minimum atomic E-state index is -0.244. The lowest BCUT2D eigenvalue weighted by Crippen LogP contribution is -2.45. The third-order valence-corrected chi connectivity index (χ3v) is 3.88. The second kappa shape index (κ2) is 8.26. The molecule has 6 heteroatoms. The van der Waals surface area contributed by atoms with Crippen molar-refractivity contribution in [3.63, 3.8) is 0 Å². The summed E-state index contributed by atoms with van der Waals surface area (Å²) in [5, 5.41) is 6.81. The number of rotatable bonds is 5. The number of piperazine rings is 1. The average Bonchev–Trinajstić information content (AvgIpc) is 2.48. The van der Waals surface area contributed by atoms with E-state index in [0.717, 1.165) is 51.4 Å². The average molecular weight is 310 g/mol. The van der Waals surface area contributed by atoms with Crippen LogP contribution in [0.15, 0.2) is 24.3 Å². The summed E-state index contributed by atoms with van der Waals surface area (Å²) < 4.78 is 12.8. The molecule has 0 amide bonds. The maximum Gasteiger partial charge on any atom is 0.170 e. The summed E-state index contributed by atoms with van der Waals surface area (Å²) in [5.41, 5.74) is 0.799. The third kappa shape index (κ3) is 5.95. The van der Waals surface area contributed by atoms with Crippen molar-refractivity contribution in [2.24, 2.45) is 0 Å². The van der Waals surface area contributed by atoms with Crippen LogP contribution in [0.2, 0.25) is 0 Å². The van der Waals surface area contributed by atoms with Crippen molar-refractivity contribution in [2.75, 3.05) is 51.6 Å². The smallest absolute Gasteiger partial charge is 0.170 e. The Hall–Kier alpha value is -1.24. The zero-order chi connectivity index (χ0) is 15.1. The van der Waals surface area contributed by atoms with E-state index in [-0.39, 0.29) is 5.82 Å². The molecule has 1 aliphatic rings. The molecule has 0 spiro atoms. The Morgan fingerprint density at radius 2 is 1.86 bits per heavy atom. The normalized spacial score (nSPS) is 16.7. The third-order valence-electron chi connectivity index (χ3n) is 3.63. The van der Waals surface area contributed by atoms with Crippen LogP contribution in [0, 0.1) is 5.82 Å². The molecule has 1 fully saturated rings. The van der Waals surface area contributed by atoms with Crippen LogP contribution in [0.1, 0.15) is 6.42 Å². The molecule has 116 valence electrons. The number of benzene rings is 1. The quantitative estimate of drug-likeness (QED) is 0.639. The molecule has 21 heavy (non-hydrogen) atoms. The van der Waals surface area contributed by atoms with Gasteiger partial charge in [0, 0.05) is 38.4 Å². The Bertz CT molecular complexity index is 443. The topological polar surface area (TPSA) is 30.5 Å². The number of nitrogens with zero attached hydrogens (tertiary/aromatic N) is 2. The maximum absolute atomic E-state index is 12.8. The lowest BCUT2D eigenvalue weighted by atomic mass is 10.3. The number of thiocarbonyl (C=S) groups is 1. The highest BCUT2D eigenvalue weighted by Gasteiger charge is 2.12. The Balaban J connectivity index is 1.58. The van der Waals surface area contributed by atoms with Crippen LogP contribution in [0.3, 0.4) is 0 Å². The van der Waals surface area contributed by atoms with Gasteiger partial charge in [0.1, 0.15) is 5.82 Å². The molecule has 1 aromatic carbocycles. The Morgan fingerprint density at radius 1 is 1.19 bits per heavy atom. The summed E-state index contributed by atoms with van der Waals surface area (Å²) in [6.45, 7) is 6.54. The fraction of sp³-hybridized carbons (Fsp3) is 0.533. The van der Waals surface area contributed by atoms with Gasteiger partial charge >= 0.3 is 0 Å². The first-order valence-corrected chi connectivity index (χ1v) is 7.75. The Labute approximate surface area is 131 Å². The Kier molecular flexibility index (Phi) is 6.35. The number of halogens is 1. The van der Waals surface area contributed by atoms with E-state index in [1.165, 1.54) is 12.1 Å². The minimum absolute atomic E-state index is 0.244. The molecule has 1 saturated heterocycles. The van der Waals surface area contributed by atoms with Crippen LogP contribution in [-0.4, -0.2) is 61.2 Å². The van der Waals surface area contributed by atoms with Crippen molar-refractivity contribution in [3.05, 3.63) is 30.1 Å². The van der Waals surface area contributed by atoms with E-state index in [0.29, 0.717) is 5.11 Å². The summed E-state index contributed by atoms with van der Waals surface area (Å²) >= 11 is 5.22. The van der Waals surface area contributed by atoms with Gasteiger partial charge in [0.25, 0.3) is 0 Å². The molecule has 0 aromatic heterocycles. The van der Waals surface area contributed by atoms with Crippen LogP contribution < -0.4 is 10.6 Å². The SMILES string of the molecule is CN1CCN(CCCNC(=S)Nc2ccc(F)cc2)CC1. The van der Waals surface area contributed by atoms with Crippen molar-refractivity contribution in [3.8, 4) is 0 Å². The number of hydrogen-bond acceptors (Lipinski definition) is 3. The molecule has 1 heterocycles. The highest BCUT2D eigenvalue weighted by molar-refractivity contribution is 7.80. The van der Waals surface area contributed by atoms with Gasteiger partial charge in [0.2, 0.25) is 0 Å². The number of likely N-dealkylation sites (N-methyl/N-ethyl adjacent to an activating group) is 1. The van der Waals surface area contributed by atoms with Crippen molar-refractivity contribution in [2.45, 2.75) is 6.42 Å². The maximum atomic E-state index is 12.8. The summed E-state index contributed by atoms with van der Waals surface area (Å²) in [7, 11) is 2.17. The molecule has 4 nitrogen and oxygen atoms in total. The fourth-order valence-corrected chi connectivity index (χ4v) is 2.50. The van der Waals surface area contributed by atoms with Crippen LogP contribution in [0.5, 0.6) is 0 Å². The van der Waals surface area contributed by atoms with E-state index >= 15 is 0 Å². The number of nitrogens with one attached hydrogen (secondary N) is 2. The molecule has 1 aromatic rings. The summed E-state index contributed by atoms with van der Waals surface area (Å²) in [6.07, 6.45) is 1.06. The van der Waals surface area contributed by atoms with Crippen molar-refractivity contribution in [1.82, 2.24) is 15.1 Å². The first-order chi connectivity index (χ1) is 10.1. The molecule has 0 atom stereocenters.